The molecule has 35 heavy (non-hydrogen) atoms. The van der Waals surface area contributed by atoms with Crippen LogP contribution in [0.25, 0.3) is 6.08 Å². The van der Waals surface area contributed by atoms with Crippen LogP contribution in [-0.2, 0) is 16.1 Å². The predicted molar refractivity (Wildman–Crippen MR) is 126 cm³/mol. The zero-order chi connectivity index (χ0) is 25.4. The average molecular weight is 499 g/mol. The van der Waals surface area contributed by atoms with E-state index < -0.39 is 23.5 Å². The number of nitriles is 1. The lowest BCUT2D eigenvalue weighted by Crippen LogP contribution is -2.15. The Morgan fingerprint density at radius 2 is 1.91 bits per heavy atom. The largest absolute Gasteiger partial charge is 0.496 e. The molecule has 0 fully saturated rings. The number of nitrogens with one attached hydrogen (secondary N) is 1. The molecule has 180 valence electrons. The van der Waals surface area contributed by atoms with Crippen LogP contribution in [0.15, 0.2) is 53.4 Å². The molecule has 0 radical (unpaired) electrons. The SMILES string of the molecule is CCOC(=O)c1ccsc1NC(=O)C(C#N)=Cc1ccc(OC)c(COc2ccc(F)cc2F)c1. The molecule has 3 aromatic rings. The Hall–Kier alpha value is -4.23. The molecule has 1 amide bonds. The minimum Gasteiger partial charge on any atom is -0.496 e. The number of benzene rings is 2. The number of thiophene rings is 1. The van der Waals surface area contributed by atoms with Crippen LogP contribution < -0.4 is 14.8 Å². The maximum atomic E-state index is 13.9. The van der Waals surface area contributed by atoms with Crippen LogP contribution in [0.3, 0.4) is 0 Å². The third-order valence-corrected chi connectivity index (χ3v) is 5.48. The quantitative estimate of drug-likeness (QED) is 0.243. The van der Waals surface area contributed by atoms with Gasteiger partial charge in [0.15, 0.2) is 11.6 Å². The fourth-order valence-electron chi connectivity index (χ4n) is 3.01. The molecule has 2 aromatic carbocycles. The molecule has 7 nitrogen and oxygen atoms in total. The van der Waals surface area contributed by atoms with E-state index in [0.29, 0.717) is 22.9 Å². The normalized spacial score (nSPS) is 10.9. The molecule has 1 aromatic heterocycles. The van der Waals surface area contributed by atoms with Gasteiger partial charge < -0.3 is 19.5 Å². The molecule has 0 unspecified atom stereocenters. The number of nitrogens with zero attached hydrogens (tertiary/aromatic N) is 1. The van der Waals surface area contributed by atoms with E-state index in [1.165, 1.54) is 25.3 Å². The first-order valence-electron chi connectivity index (χ1n) is 10.3. The summed E-state index contributed by atoms with van der Waals surface area (Å²) in [5.41, 5.74) is 0.965. The number of carbonyl (C=O) groups excluding carboxylic acids is 2. The number of amides is 1. The number of ether oxygens (including phenoxy) is 3. The zero-order valence-electron chi connectivity index (χ0n) is 18.8. The molecule has 1 N–H and O–H groups in total. The average Bonchev–Trinajstić information content (AvgIpc) is 3.30. The number of carbonyl (C=O) groups is 2. The van der Waals surface area contributed by atoms with E-state index in [4.69, 9.17) is 14.2 Å². The number of methoxy groups -OCH3 is 1. The van der Waals surface area contributed by atoms with Gasteiger partial charge in [0, 0.05) is 11.6 Å². The summed E-state index contributed by atoms with van der Waals surface area (Å²) in [6, 6.07) is 11.2. The number of hydrogen-bond donors (Lipinski definition) is 1. The second-order valence-corrected chi connectivity index (χ2v) is 7.86. The highest BCUT2D eigenvalue weighted by atomic mass is 32.1. The highest BCUT2D eigenvalue weighted by molar-refractivity contribution is 7.14. The molecule has 0 atom stereocenters. The number of anilines is 1. The summed E-state index contributed by atoms with van der Waals surface area (Å²) < 4.78 is 42.7. The van der Waals surface area contributed by atoms with Crippen molar-refractivity contribution in [3.8, 4) is 17.6 Å². The predicted octanol–water partition coefficient (Wildman–Crippen LogP) is 5.34. The molecule has 0 saturated carbocycles. The van der Waals surface area contributed by atoms with Gasteiger partial charge in [-0.15, -0.1) is 11.3 Å². The summed E-state index contributed by atoms with van der Waals surface area (Å²) in [5, 5.41) is 14.0. The summed E-state index contributed by atoms with van der Waals surface area (Å²) in [4.78, 5) is 24.7. The second-order valence-electron chi connectivity index (χ2n) is 6.94. The van der Waals surface area contributed by atoms with Crippen molar-refractivity contribution < 1.29 is 32.6 Å². The van der Waals surface area contributed by atoms with Gasteiger partial charge in [-0.2, -0.15) is 5.26 Å². The van der Waals surface area contributed by atoms with Crippen LogP contribution >= 0.6 is 11.3 Å². The van der Waals surface area contributed by atoms with Crippen molar-refractivity contribution in [3.05, 3.63) is 81.7 Å². The molecule has 1 heterocycles. The fourth-order valence-corrected chi connectivity index (χ4v) is 3.78. The van der Waals surface area contributed by atoms with Crippen molar-refractivity contribution in [2.24, 2.45) is 0 Å². The van der Waals surface area contributed by atoms with Gasteiger partial charge in [0.25, 0.3) is 5.91 Å². The highest BCUT2D eigenvalue weighted by Crippen LogP contribution is 2.27. The summed E-state index contributed by atoms with van der Waals surface area (Å²) in [7, 11) is 1.45. The fraction of sp³-hybridized carbons (Fsp3) is 0.160. The van der Waals surface area contributed by atoms with Crippen molar-refractivity contribution >= 4 is 34.3 Å². The van der Waals surface area contributed by atoms with Gasteiger partial charge in [0.05, 0.1) is 19.3 Å². The van der Waals surface area contributed by atoms with Gasteiger partial charge >= 0.3 is 5.97 Å². The first-order valence-corrected chi connectivity index (χ1v) is 11.2. The maximum Gasteiger partial charge on any atom is 0.341 e. The van der Waals surface area contributed by atoms with Crippen LogP contribution in [0, 0.1) is 23.0 Å². The van der Waals surface area contributed by atoms with Crippen molar-refractivity contribution in [2.45, 2.75) is 13.5 Å². The molecule has 0 bridgehead atoms. The van der Waals surface area contributed by atoms with Crippen LogP contribution in [0.4, 0.5) is 13.8 Å². The van der Waals surface area contributed by atoms with E-state index >= 15 is 0 Å². The topological polar surface area (TPSA) is 97.7 Å². The molecule has 0 aliphatic rings. The molecular formula is C25H20F2N2O5S. The Balaban J connectivity index is 1.80. The molecular weight excluding hydrogens is 478 g/mol. The summed E-state index contributed by atoms with van der Waals surface area (Å²) in [6.07, 6.45) is 1.36. The van der Waals surface area contributed by atoms with Crippen molar-refractivity contribution in [3.63, 3.8) is 0 Å². The monoisotopic (exact) mass is 498 g/mol. The smallest absolute Gasteiger partial charge is 0.341 e. The van der Waals surface area contributed by atoms with Gasteiger partial charge in [-0.3, -0.25) is 4.79 Å². The number of hydrogen-bond acceptors (Lipinski definition) is 7. The Morgan fingerprint density at radius 3 is 2.60 bits per heavy atom. The minimum atomic E-state index is -0.848. The van der Waals surface area contributed by atoms with Crippen molar-refractivity contribution in [2.75, 3.05) is 19.0 Å². The third-order valence-electron chi connectivity index (χ3n) is 4.65. The van der Waals surface area contributed by atoms with E-state index in [-0.39, 0.29) is 35.1 Å². The van der Waals surface area contributed by atoms with E-state index in [0.717, 1.165) is 17.4 Å². The van der Waals surface area contributed by atoms with Gasteiger partial charge in [-0.1, -0.05) is 6.07 Å². The third kappa shape index (κ3) is 6.43. The Labute approximate surface area is 204 Å². The van der Waals surface area contributed by atoms with Crippen molar-refractivity contribution in [1.82, 2.24) is 0 Å². The summed E-state index contributed by atoms with van der Waals surface area (Å²) >= 11 is 1.12. The van der Waals surface area contributed by atoms with E-state index in [9.17, 15) is 23.6 Å². The van der Waals surface area contributed by atoms with Crippen LogP contribution in [0.1, 0.15) is 28.4 Å². The minimum absolute atomic E-state index is 0.112. The first kappa shape index (κ1) is 25.4. The van der Waals surface area contributed by atoms with Gasteiger partial charge in [-0.05, 0) is 54.3 Å². The van der Waals surface area contributed by atoms with Gasteiger partial charge in [0.2, 0.25) is 0 Å². The number of esters is 1. The number of halogens is 2. The molecule has 0 saturated heterocycles. The van der Waals surface area contributed by atoms with Crippen LogP contribution in [0.5, 0.6) is 11.5 Å². The van der Waals surface area contributed by atoms with Crippen molar-refractivity contribution in [1.29, 1.82) is 5.26 Å². The molecule has 0 aliphatic heterocycles. The maximum absolute atomic E-state index is 13.9. The second kappa shape index (κ2) is 11.8. The lowest BCUT2D eigenvalue weighted by Gasteiger charge is -2.12. The Morgan fingerprint density at radius 1 is 1.14 bits per heavy atom. The van der Waals surface area contributed by atoms with Gasteiger partial charge in [-0.25, -0.2) is 13.6 Å². The molecule has 0 spiro atoms. The lowest BCUT2D eigenvalue weighted by atomic mass is 10.1. The Bertz CT molecular complexity index is 1310. The lowest BCUT2D eigenvalue weighted by molar-refractivity contribution is -0.112. The summed E-state index contributed by atoms with van der Waals surface area (Å²) in [6.45, 7) is 1.74. The van der Waals surface area contributed by atoms with E-state index in [1.54, 1.807) is 30.5 Å². The molecule has 3 rings (SSSR count). The zero-order valence-corrected chi connectivity index (χ0v) is 19.6. The van der Waals surface area contributed by atoms with E-state index in [2.05, 4.69) is 5.32 Å². The number of rotatable bonds is 9. The first-order chi connectivity index (χ1) is 16.9. The highest BCUT2D eigenvalue weighted by Gasteiger charge is 2.18. The Kier molecular flexibility index (Phi) is 8.53. The van der Waals surface area contributed by atoms with Gasteiger partial charge in [0.1, 0.15) is 34.8 Å². The summed E-state index contributed by atoms with van der Waals surface area (Å²) in [5.74, 6) is -2.56. The molecule has 10 heteroatoms. The van der Waals surface area contributed by atoms with Crippen LogP contribution in [0.2, 0.25) is 0 Å². The van der Waals surface area contributed by atoms with Crippen LogP contribution in [-0.4, -0.2) is 25.6 Å². The molecule has 0 aliphatic carbocycles. The standard InChI is InChI=1S/C25H20F2N2O5S/c1-3-33-25(31)19-8-9-35-24(19)29-23(30)16(13-28)10-15-4-6-21(32-2)17(11-15)14-34-22-7-5-18(26)12-20(22)27/h4-12H,3,14H2,1-2H3,(H,29,30). The van der Waals surface area contributed by atoms with E-state index in [1.807, 2.05) is 6.07 Å².